The summed E-state index contributed by atoms with van der Waals surface area (Å²) in [6.07, 6.45) is 5.75. The standard InChI is InChI=1S/C54H37N3O/c1-35(13-12-28-55-2)39-29-40(36-14-4-3-5-15-36)31-42(30-39)57-50-20-10-7-17-44(50)47-33-38(23-26-52(47)57)37-22-25-51-46(32-37)43-16-6-9-19-49(43)56(51)41-24-27-54-48(34-41)45-18-8-11-21-53(45)58-54/h3-34H,2H2,1H3/b28-12-,35-13+. The van der Waals surface area contributed by atoms with Crippen molar-refractivity contribution in [2.24, 2.45) is 4.99 Å². The molecule has 0 aliphatic heterocycles. The maximum absolute atomic E-state index is 6.18. The molecule has 3 heterocycles. The molecule has 11 rings (SSSR count). The second-order valence-electron chi connectivity index (χ2n) is 15.0. The van der Waals surface area contributed by atoms with Crippen molar-refractivity contribution in [2.75, 3.05) is 0 Å². The van der Waals surface area contributed by atoms with E-state index < -0.39 is 0 Å². The van der Waals surface area contributed by atoms with Crippen LogP contribution in [0.5, 0.6) is 0 Å². The SMILES string of the molecule is C=N/C=C\C=C(/C)c1cc(-c2ccccc2)cc(-n2c3ccccc3c3cc(-c4ccc5c(c4)c4ccccc4n5-c4ccc5oc6ccccc6c5c4)ccc32)c1. The highest BCUT2D eigenvalue weighted by Gasteiger charge is 2.18. The molecule has 58 heavy (non-hydrogen) atoms. The average Bonchev–Trinajstić information content (AvgIpc) is 3.93. The van der Waals surface area contributed by atoms with Crippen LogP contribution in [0.25, 0.3) is 105 Å². The van der Waals surface area contributed by atoms with Crippen LogP contribution >= 0.6 is 0 Å². The quantitative estimate of drug-likeness (QED) is 0.118. The summed E-state index contributed by atoms with van der Waals surface area (Å²) in [4.78, 5) is 3.90. The van der Waals surface area contributed by atoms with E-state index >= 15 is 0 Å². The lowest BCUT2D eigenvalue weighted by Crippen LogP contribution is -1.97. The molecule has 0 fully saturated rings. The highest BCUT2D eigenvalue weighted by atomic mass is 16.3. The van der Waals surface area contributed by atoms with Crippen LogP contribution in [-0.4, -0.2) is 15.9 Å². The number of furan rings is 1. The molecule has 0 bridgehead atoms. The van der Waals surface area contributed by atoms with Crippen LogP contribution in [0, 0.1) is 0 Å². The molecule has 0 aliphatic rings. The van der Waals surface area contributed by atoms with E-state index in [9.17, 15) is 0 Å². The minimum absolute atomic E-state index is 0.899. The Balaban J connectivity index is 1.07. The van der Waals surface area contributed by atoms with Crippen molar-refractivity contribution in [2.45, 2.75) is 6.92 Å². The van der Waals surface area contributed by atoms with E-state index in [1.807, 2.05) is 18.2 Å². The Bertz CT molecular complexity index is 3480. The van der Waals surface area contributed by atoms with Crippen molar-refractivity contribution in [3.63, 3.8) is 0 Å². The molecular weight excluding hydrogens is 707 g/mol. The number of benzene rings is 8. The van der Waals surface area contributed by atoms with Crippen molar-refractivity contribution in [3.8, 4) is 33.6 Å². The molecule has 0 amide bonds. The van der Waals surface area contributed by atoms with Crippen molar-refractivity contribution in [1.29, 1.82) is 0 Å². The van der Waals surface area contributed by atoms with Gasteiger partial charge in [0, 0.05) is 49.9 Å². The van der Waals surface area contributed by atoms with Crippen molar-refractivity contribution in [3.05, 3.63) is 200 Å². The number of hydrogen-bond donors (Lipinski definition) is 0. The van der Waals surface area contributed by atoms with E-state index in [0.29, 0.717) is 0 Å². The Morgan fingerprint density at radius 1 is 0.466 bits per heavy atom. The third-order valence-corrected chi connectivity index (χ3v) is 11.6. The average molecular weight is 744 g/mol. The third-order valence-electron chi connectivity index (χ3n) is 11.6. The Hall–Kier alpha value is -7.69. The van der Waals surface area contributed by atoms with Gasteiger partial charge in [-0.2, -0.15) is 0 Å². The minimum atomic E-state index is 0.899. The van der Waals surface area contributed by atoms with E-state index in [-0.39, 0.29) is 0 Å². The normalized spacial score (nSPS) is 12.3. The summed E-state index contributed by atoms with van der Waals surface area (Å²) in [6.45, 7) is 5.74. The van der Waals surface area contributed by atoms with Gasteiger partial charge in [0.05, 0.1) is 22.1 Å². The van der Waals surface area contributed by atoms with Gasteiger partial charge < -0.3 is 13.6 Å². The summed E-state index contributed by atoms with van der Waals surface area (Å²) in [5.74, 6) is 0. The number of aliphatic imine (C=N–C) groups is 1. The highest BCUT2D eigenvalue weighted by Crippen LogP contribution is 2.40. The molecule has 0 spiro atoms. The molecule has 0 unspecified atom stereocenters. The third kappa shape index (κ3) is 5.41. The van der Waals surface area contributed by atoms with Gasteiger partial charge in [-0.3, -0.25) is 4.99 Å². The van der Waals surface area contributed by atoms with Crippen LogP contribution in [0.1, 0.15) is 12.5 Å². The Morgan fingerprint density at radius 3 is 1.74 bits per heavy atom. The largest absolute Gasteiger partial charge is 0.456 e. The molecule has 3 aromatic heterocycles. The summed E-state index contributed by atoms with van der Waals surface area (Å²) in [7, 11) is 0. The monoisotopic (exact) mass is 743 g/mol. The number of allylic oxidation sites excluding steroid dienone is 3. The summed E-state index contributed by atoms with van der Waals surface area (Å²) >= 11 is 0. The minimum Gasteiger partial charge on any atom is -0.456 e. The maximum atomic E-state index is 6.18. The van der Waals surface area contributed by atoms with Gasteiger partial charge in [-0.25, -0.2) is 0 Å². The van der Waals surface area contributed by atoms with Gasteiger partial charge in [0.1, 0.15) is 11.2 Å². The van der Waals surface area contributed by atoms with Gasteiger partial charge in [-0.1, -0.05) is 103 Å². The van der Waals surface area contributed by atoms with E-state index in [2.05, 4.69) is 198 Å². The number of hydrogen-bond acceptors (Lipinski definition) is 2. The van der Waals surface area contributed by atoms with Gasteiger partial charge in [0.2, 0.25) is 0 Å². The fraction of sp³-hybridized carbons (Fsp3) is 0.0185. The van der Waals surface area contributed by atoms with Crippen molar-refractivity contribution >= 4 is 77.8 Å². The molecule has 8 aromatic carbocycles. The van der Waals surface area contributed by atoms with Gasteiger partial charge in [0.25, 0.3) is 0 Å². The predicted molar refractivity (Wildman–Crippen MR) is 246 cm³/mol. The maximum Gasteiger partial charge on any atom is 0.135 e. The van der Waals surface area contributed by atoms with E-state index in [1.54, 1.807) is 6.20 Å². The van der Waals surface area contributed by atoms with Crippen molar-refractivity contribution in [1.82, 2.24) is 9.13 Å². The predicted octanol–water partition coefficient (Wildman–Crippen LogP) is 14.7. The first-order chi connectivity index (χ1) is 28.6. The van der Waals surface area contributed by atoms with E-state index in [1.165, 1.54) is 65.9 Å². The molecule has 0 aliphatic carbocycles. The van der Waals surface area contributed by atoms with Gasteiger partial charge in [-0.15, -0.1) is 0 Å². The summed E-state index contributed by atoms with van der Waals surface area (Å²) < 4.78 is 11.0. The second kappa shape index (κ2) is 13.5. The number of para-hydroxylation sites is 3. The van der Waals surface area contributed by atoms with Gasteiger partial charge in [-0.05, 0) is 132 Å². The van der Waals surface area contributed by atoms with Crippen LogP contribution in [0.3, 0.4) is 0 Å². The second-order valence-corrected chi connectivity index (χ2v) is 15.0. The molecule has 4 heteroatoms. The fourth-order valence-corrected chi connectivity index (χ4v) is 8.82. The molecule has 274 valence electrons. The van der Waals surface area contributed by atoms with E-state index in [0.717, 1.165) is 44.4 Å². The van der Waals surface area contributed by atoms with Crippen LogP contribution in [0.2, 0.25) is 0 Å². The number of rotatable bonds is 7. The smallest absolute Gasteiger partial charge is 0.135 e. The number of aromatic nitrogens is 2. The molecule has 11 aromatic rings. The molecule has 0 atom stereocenters. The fourth-order valence-electron chi connectivity index (χ4n) is 8.82. The van der Waals surface area contributed by atoms with Crippen LogP contribution in [-0.2, 0) is 0 Å². The summed E-state index contributed by atoms with van der Waals surface area (Å²) in [5.41, 5.74) is 15.7. The number of nitrogens with zero attached hydrogens (tertiary/aromatic N) is 3. The Labute approximate surface area is 335 Å². The van der Waals surface area contributed by atoms with Gasteiger partial charge in [0.15, 0.2) is 0 Å². The van der Waals surface area contributed by atoms with E-state index in [4.69, 9.17) is 4.42 Å². The molecule has 0 N–H and O–H groups in total. The molecular formula is C54H37N3O. The lowest BCUT2D eigenvalue weighted by atomic mass is 9.98. The highest BCUT2D eigenvalue weighted by molar-refractivity contribution is 6.13. The summed E-state index contributed by atoms with van der Waals surface area (Å²) in [5, 5.41) is 7.14. The molecule has 0 saturated carbocycles. The zero-order chi connectivity index (χ0) is 38.7. The zero-order valence-electron chi connectivity index (χ0n) is 31.9. The first kappa shape index (κ1) is 33.6. The van der Waals surface area contributed by atoms with Crippen LogP contribution < -0.4 is 0 Å². The lowest BCUT2D eigenvalue weighted by molar-refractivity contribution is 0.669. The van der Waals surface area contributed by atoms with Crippen LogP contribution in [0.15, 0.2) is 204 Å². The van der Waals surface area contributed by atoms with Crippen LogP contribution in [0.4, 0.5) is 0 Å². The molecule has 0 saturated heterocycles. The topological polar surface area (TPSA) is 35.4 Å². The molecule has 0 radical (unpaired) electrons. The van der Waals surface area contributed by atoms with Crippen molar-refractivity contribution < 1.29 is 4.42 Å². The first-order valence-electron chi connectivity index (χ1n) is 19.6. The molecule has 4 nitrogen and oxygen atoms in total. The zero-order valence-corrected chi connectivity index (χ0v) is 31.9. The Kier molecular flexibility index (Phi) is 7.83. The Morgan fingerprint density at radius 2 is 1.05 bits per heavy atom. The van der Waals surface area contributed by atoms with Gasteiger partial charge >= 0.3 is 0 Å². The summed E-state index contributed by atoms with van der Waals surface area (Å²) in [6, 6.07) is 63.6. The number of fused-ring (bicyclic) bond motifs is 9. The first-order valence-corrected chi connectivity index (χ1v) is 19.6. The lowest BCUT2D eigenvalue weighted by Gasteiger charge is -2.14.